The highest BCUT2D eigenvalue weighted by atomic mass is 35.5. The number of amides is 2. The Morgan fingerprint density at radius 2 is 1.56 bits per heavy atom. The van der Waals surface area contributed by atoms with Crippen LogP contribution in [0.1, 0.15) is 39.2 Å². The molecule has 0 spiro atoms. The Balaban J connectivity index is 2.51. The van der Waals surface area contributed by atoms with Gasteiger partial charge in [0, 0.05) is 32.7 Å². The highest BCUT2D eigenvalue weighted by Crippen LogP contribution is 2.28. The molecule has 0 bridgehead atoms. The van der Waals surface area contributed by atoms with E-state index in [1.807, 2.05) is 13.8 Å². The molecule has 1 N–H and O–H groups in total. The molecule has 2 rings (SSSR count). The van der Waals surface area contributed by atoms with Crippen LogP contribution < -0.4 is 9.62 Å². The Kier molecular flexibility index (Phi) is 11.2. The molecule has 36 heavy (non-hydrogen) atoms. The zero-order valence-electron chi connectivity index (χ0n) is 20.4. The fourth-order valence-electron chi connectivity index (χ4n) is 3.49. The zero-order chi connectivity index (χ0) is 27.2. The summed E-state index contributed by atoms with van der Waals surface area (Å²) in [4.78, 5) is 28.2. The molecule has 2 amide bonds. The molecule has 0 aliphatic rings. The minimum Gasteiger partial charge on any atom is -0.352 e. The zero-order valence-corrected chi connectivity index (χ0v) is 24.2. The first kappa shape index (κ1) is 30.5. The molecule has 0 radical (unpaired) electrons. The van der Waals surface area contributed by atoms with Crippen molar-refractivity contribution in [2.24, 2.45) is 0 Å². The third-order valence-electron chi connectivity index (χ3n) is 5.56. The second kappa shape index (κ2) is 13.2. The first-order valence-electron chi connectivity index (χ1n) is 11.2. The van der Waals surface area contributed by atoms with Crippen molar-refractivity contribution in [3.8, 4) is 0 Å². The summed E-state index contributed by atoms with van der Waals surface area (Å²) in [6, 6.07) is 8.10. The number of nitrogens with zero attached hydrogens (tertiary/aromatic N) is 2. The number of benzene rings is 2. The minimum atomic E-state index is -3.92. The molecule has 198 valence electrons. The van der Waals surface area contributed by atoms with Gasteiger partial charge in [0.15, 0.2) is 0 Å². The first-order valence-corrected chi connectivity index (χ1v) is 14.6. The van der Waals surface area contributed by atoms with Crippen molar-refractivity contribution < 1.29 is 18.0 Å². The van der Waals surface area contributed by atoms with Gasteiger partial charge in [-0.1, -0.05) is 66.3 Å². The molecular formula is C24H29Cl4N3O4S. The first-order chi connectivity index (χ1) is 16.8. The lowest BCUT2D eigenvalue weighted by Crippen LogP contribution is -2.53. The predicted molar refractivity (Wildman–Crippen MR) is 148 cm³/mol. The molecule has 0 aliphatic heterocycles. The highest BCUT2D eigenvalue weighted by molar-refractivity contribution is 7.92. The molecule has 12 heteroatoms. The van der Waals surface area contributed by atoms with Crippen LogP contribution in [0.25, 0.3) is 0 Å². The Bertz CT molecular complexity index is 1190. The van der Waals surface area contributed by atoms with Crippen molar-refractivity contribution in [1.29, 1.82) is 0 Å². The summed E-state index contributed by atoms with van der Waals surface area (Å²) in [5.41, 5.74) is 0.686. The van der Waals surface area contributed by atoms with E-state index in [0.29, 0.717) is 28.5 Å². The molecule has 0 fully saturated rings. The van der Waals surface area contributed by atoms with Crippen LogP contribution in [0.5, 0.6) is 0 Å². The lowest BCUT2D eigenvalue weighted by Gasteiger charge is -2.33. The van der Waals surface area contributed by atoms with E-state index in [9.17, 15) is 18.0 Å². The van der Waals surface area contributed by atoms with Crippen LogP contribution in [0.3, 0.4) is 0 Å². The van der Waals surface area contributed by atoms with Crippen LogP contribution in [0, 0.1) is 0 Å². The second-order valence-electron chi connectivity index (χ2n) is 8.40. The van der Waals surface area contributed by atoms with Crippen LogP contribution >= 0.6 is 46.4 Å². The van der Waals surface area contributed by atoms with Crippen molar-refractivity contribution in [2.75, 3.05) is 17.1 Å². The van der Waals surface area contributed by atoms with Gasteiger partial charge in [0.25, 0.3) is 0 Å². The van der Waals surface area contributed by atoms with Gasteiger partial charge in [-0.05, 0) is 55.7 Å². The average Bonchev–Trinajstić information content (AvgIpc) is 2.76. The van der Waals surface area contributed by atoms with Gasteiger partial charge >= 0.3 is 0 Å². The molecular weight excluding hydrogens is 568 g/mol. The van der Waals surface area contributed by atoms with E-state index in [4.69, 9.17) is 46.4 Å². The molecule has 2 atom stereocenters. The number of halogens is 4. The number of sulfonamides is 1. The van der Waals surface area contributed by atoms with Gasteiger partial charge < -0.3 is 10.2 Å². The lowest BCUT2D eigenvalue weighted by atomic mass is 10.1. The third kappa shape index (κ3) is 8.42. The minimum absolute atomic E-state index is 0.0326. The number of anilines is 1. The monoisotopic (exact) mass is 595 g/mol. The number of nitrogens with one attached hydrogen (secondary N) is 1. The molecule has 2 aromatic carbocycles. The summed E-state index contributed by atoms with van der Waals surface area (Å²) in [5.74, 6) is -0.948. The van der Waals surface area contributed by atoms with Gasteiger partial charge in [-0.3, -0.25) is 13.9 Å². The van der Waals surface area contributed by atoms with Crippen molar-refractivity contribution >= 4 is 73.9 Å². The Morgan fingerprint density at radius 1 is 0.944 bits per heavy atom. The number of carbonyl (C=O) groups is 2. The smallest absolute Gasteiger partial charge is 0.244 e. The second-order valence-corrected chi connectivity index (χ2v) is 12.0. The summed E-state index contributed by atoms with van der Waals surface area (Å²) in [5, 5.41) is 4.06. The molecule has 0 saturated carbocycles. The van der Waals surface area contributed by atoms with Crippen molar-refractivity contribution in [3.05, 3.63) is 62.1 Å². The van der Waals surface area contributed by atoms with E-state index in [2.05, 4.69) is 5.32 Å². The van der Waals surface area contributed by atoms with Crippen LogP contribution in [0.4, 0.5) is 5.69 Å². The largest absolute Gasteiger partial charge is 0.352 e. The number of hydrogen-bond acceptors (Lipinski definition) is 4. The van der Waals surface area contributed by atoms with Gasteiger partial charge in [-0.25, -0.2) is 8.42 Å². The van der Waals surface area contributed by atoms with Crippen LogP contribution in [-0.4, -0.2) is 50.0 Å². The van der Waals surface area contributed by atoms with Crippen molar-refractivity contribution in [1.82, 2.24) is 10.2 Å². The number of carbonyl (C=O) groups excluding carboxylic acids is 2. The summed E-state index contributed by atoms with van der Waals surface area (Å²) < 4.78 is 26.3. The summed E-state index contributed by atoms with van der Waals surface area (Å²) in [6.45, 7) is 4.96. The van der Waals surface area contributed by atoms with Crippen LogP contribution in [0.15, 0.2) is 36.4 Å². The molecule has 0 saturated heterocycles. The highest BCUT2D eigenvalue weighted by Gasteiger charge is 2.32. The topological polar surface area (TPSA) is 86.8 Å². The third-order valence-corrected chi connectivity index (χ3v) is 7.72. The quantitative estimate of drug-likeness (QED) is 0.356. The molecule has 0 heterocycles. The molecule has 0 aliphatic carbocycles. The Hall–Kier alpha value is -1.71. The summed E-state index contributed by atoms with van der Waals surface area (Å²) in [7, 11) is -3.92. The molecule has 2 aromatic rings. The van der Waals surface area contributed by atoms with E-state index >= 15 is 0 Å². The average molecular weight is 597 g/mol. The van der Waals surface area contributed by atoms with Crippen molar-refractivity contribution in [2.45, 2.75) is 52.2 Å². The van der Waals surface area contributed by atoms with E-state index in [-0.39, 0.29) is 34.2 Å². The fraction of sp³-hybridized carbons (Fsp3) is 0.417. The SMILES string of the molecule is CC[C@@H](C)NC(=O)[C@H](CC)N(Cc1ccc(Cl)cc1Cl)C(=O)CN(c1cc(Cl)cc(Cl)c1)S(C)(=O)=O. The van der Waals surface area contributed by atoms with E-state index in [0.717, 1.165) is 10.6 Å². The maximum atomic E-state index is 13.7. The van der Waals surface area contributed by atoms with Crippen LogP contribution in [-0.2, 0) is 26.2 Å². The Morgan fingerprint density at radius 3 is 2.06 bits per heavy atom. The van der Waals surface area contributed by atoms with Gasteiger partial charge in [-0.15, -0.1) is 0 Å². The fourth-order valence-corrected chi connectivity index (χ4v) is 5.31. The van der Waals surface area contributed by atoms with Gasteiger partial charge in [0.1, 0.15) is 12.6 Å². The Labute approximate surface area is 232 Å². The molecule has 0 aromatic heterocycles. The van der Waals surface area contributed by atoms with Crippen molar-refractivity contribution in [3.63, 3.8) is 0 Å². The van der Waals surface area contributed by atoms with Crippen LogP contribution in [0.2, 0.25) is 20.1 Å². The number of rotatable bonds is 11. The number of hydrogen-bond donors (Lipinski definition) is 1. The normalized spacial score (nSPS) is 13.1. The summed E-state index contributed by atoms with van der Waals surface area (Å²) >= 11 is 24.5. The lowest BCUT2D eigenvalue weighted by molar-refractivity contribution is -0.140. The molecule has 0 unspecified atom stereocenters. The maximum absolute atomic E-state index is 13.7. The van der Waals surface area contributed by atoms with Gasteiger partial charge in [0.2, 0.25) is 21.8 Å². The van der Waals surface area contributed by atoms with E-state index < -0.39 is 28.5 Å². The van der Waals surface area contributed by atoms with Gasteiger partial charge in [-0.2, -0.15) is 0 Å². The molecule has 7 nitrogen and oxygen atoms in total. The standard InChI is InChI=1S/C24H29Cl4N3O4S/c1-5-15(3)29-24(33)22(6-2)30(13-16-7-8-17(25)12-21(16)28)23(32)14-31(36(4,34)35)20-10-18(26)9-19(27)11-20/h7-12,15,22H,5-6,13-14H2,1-4H3,(H,29,33)/t15-,22+/m1/s1. The van der Waals surface area contributed by atoms with E-state index in [1.54, 1.807) is 19.1 Å². The predicted octanol–water partition coefficient (Wildman–Crippen LogP) is 5.79. The van der Waals surface area contributed by atoms with Gasteiger partial charge in [0.05, 0.1) is 11.9 Å². The summed E-state index contributed by atoms with van der Waals surface area (Å²) in [6.07, 6.45) is 1.97. The van der Waals surface area contributed by atoms with E-state index in [1.165, 1.54) is 29.2 Å². The maximum Gasteiger partial charge on any atom is 0.244 e.